The van der Waals surface area contributed by atoms with E-state index in [-0.39, 0.29) is 22.9 Å². The molecule has 22 heavy (non-hydrogen) atoms. The van der Waals surface area contributed by atoms with Crippen LogP contribution in [0, 0.1) is 12.8 Å². The summed E-state index contributed by atoms with van der Waals surface area (Å²) in [5.74, 6) is 0.542. The zero-order valence-corrected chi connectivity index (χ0v) is 13.9. The summed E-state index contributed by atoms with van der Waals surface area (Å²) in [4.78, 5) is 0. The Hall–Kier alpha value is -1.73. The molecule has 6 nitrogen and oxygen atoms in total. The number of hydrogen-bond donors (Lipinski definition) is 1. The standard InChI is InChI=1S/C15H21N3O3S/c1-10(2)7-13(16)14-17-18-15(21-14)22(19,20)9-12-6-4-5-11(3)8-12/h4-6,8,10,13H,7,9,16H2,1-3H3/p+1/t13-/m0/s1. The van der Waals surface area contributed by atoms with E-state index >= 15 is 0 Å². The molecule has 3 N–H and O–H groups in total. The number of benzene rings is 1. The maximum atomic E-state index is 12.4. The van der Waals surface area contributed by atoms with Gasteiger partial charge in [0.1, 0.15) is 0 Å². The normalized spacial score (nSPS) is 13.5. The Balaban J connectivity index is 2.18. The van der Waals surface area contributed by atoms with Gasteiger partial charge in [-0.3, -0.25) is 0 Å². The van der Waals surface area contributed by atoms with Gasteiger partial charge in [-0.05, 0) is 18.4 Å². The molecule has 1 aromatic carbocycles. The van der Waals surface area contributed by atoms with Gasteiger partial charge >= 0.3 is 5.22 Å². The molecule has 0 unspecified atom stereocenters. The lowest BCUT2D eigenvalue weighted by Gasteiger charge is -2.06. The first-order valence-corrected chi connectivity index (χ1v) is 8.88. The molecule has 1 atom stereocenters. The van der Waals surface area contributed by atoms with Crippen LogP contribution < -0.4 is 5.73 Å². The van der Waals surface area contributed by atoms with E-state index in [1.54, 1.807) is 6.07 Å². The first kappa shape index (κ1) is 16.6. The lowest BCUT2D eigenvalue weighted by molar-refractivity contribution is -0.435. The Morgan fingerprint density at radius 3 is 2.64 bits per heavy atom. The molecule has 1 heterocycles. The van der Waals surface area contributed by atoms with Crippen LogP contribution in [0.2, 0.25) is 0 Å². The zero-order chi connectivity index (χ0) is 16.3. The average molecular weight is 324 g/mol. The van der Waals surface area contributed by atoms with Crippen molar-refractivity contribution >= 4 is 9.84 Å². The Morgan fingerprint density at radius 1 is 1.27 bits per heavy atom. The van der Waals surface area contributed by atoms with Gasteiger partial charge in [0.2, 0.25) is 9.84 Å². The third kappa shape index (κ3) is 4.14. The maximum Gasteiger partial charge on any atom is 0.336 e. The molecule has 0 fully saturated rings. The average Bonchev–Trinajstić information content (AvgIpc) is 2.87. The van der Waals surface area contributed by atoms with Crippen molar-refractivity contribution in [3.05, 3.63) is 41.3 Å². The molecule has 0 spiro atoms. The van der Waals surface area contributed by atoms with Crippen LogP contribution in [0.25, 0.3) is 0 Å². The third-order valence-electron chi connectivity index (χ3n) is 3.23. The molecule has 0 aliphatic heterocycles. The summed E-state index contributed by atoms with van der Waals surface area (Å²) in [7, 11) is -3.64. The van der Waals surface area contributed by atoms with Crippen LogP contribution in [0.4, 0.5) is 0 Å². The zero-order valence-electron chi connectivity index (χ0n) is 13.1. The molecule has 0 aliphatic rings. The van der Waals surface area contributed by atoms with Crippen molar-refractivity contribution in [3.8, 4) is 0 Å². The van der Waals surface area contributed by atoms with Crippen molar-refractivity contribution in [3.63, 3.8) is 0 Å². The van der Waals surface area contributed by atoms with Crippen molar-refractivity contribution in [1.82, 2.24) is 10.2 Å². The SMILES string of the molecule is Cc1cccc(CS(=O)(=O)c2nnc([C@@H]([NH3+])CC(C)C)o2)c1. The molecule has 0 radical (unpaired) electrons. The van der Waals surface area contributed by atoms with Crippen LogP contribution in [0.15, 0.2) is 33.9 Å². The van der Waals surface area contributed by atoms with Crippen LogP contribution in [0.1, 0.15) is 43.3 Å². The molecule has 0 saturated carbocycles. The Labute approximate surface area is 130 Å². The van der Waals surface area contributed by atoms with E-state index in [1.807, 2.05) is 25.1 Å². The topological polar surface area (TPSA) is 101 Å². The van der Waals surface area contributed by atoms with E-state index in [4.69, 9.17) is 4.42 Å². The fourth-order valence-electron chi connectivity index (χ4n) is 2.26. The predicted octanol–water partition coefficient (Wildman–Crippen LogP) is 1.68. The van der Waals surface area contributed by atoms with Crippen LogP contribution >= 0.6 is 0 Å². The Bertz CT molecular complexity index is 738. The van der Waals surface area contributed by atoms with Gasteiger partial charge in [-0.15, -0.1) is 5.10 Å². The van der Waals surface area contributed by atoms with Gasteiger partial charge in [0.25, 0.3) is 5.89 Å². The van der Waals surface area contributed by atoms with Gasteiger partial charge in [0.15, 0.2) is 6.04 Å². The van der Waals surface area contributed by atoms with E-state index in [0.717, 1.165) is 12.0 Å². The Kier molecular flexibility index (Phi) is 4.97. The molecule has 0 bridgehead atoms. The minimum atomic E-state index is -3.64. The largest absolute Gasteiger partial charge is 0.406 e. The summed E-state index contributed by atoms with van der Waals surface area (Å²) < 4.78 is 30.0. The molecule has 7 heteroatoms. The smallest absolute Gasteiger partial charge is 0.336 e. The van der Waals surface area contributed by atoms with Crippen LogP contribution in [-0.4, -0.2) is 18.6 Å². The Morgan fingerprint density at radius 2 is 2.00 bits per heavy atom. The number of aromatic nitrogens is 2. The molecule has 1 aromatic heterocycles. The van der Waals surface area contributed by atoms with E-state index in [9.17, 15) is 8.42 Å². The van der Waals surface area contributed by atoms with Gasteiger partial charge in [-0.1, -0.05) is 48.8 Å². The highest BCUT2D eigenvalue weighted by Gasteiger charge is 2.26. The van der Waals surface area contributed by atoms with Crippen molar-refractivity contribution in [2.45, 2.75) is 44.2 Å². The highest BCUT2D eigenvalue weighted by atomic mass is 32.2. The van der Waals surface area contributed by atoms with E-state index in [0.29, 0.717) is 11.5 Å². The molecule has 0 amide bonds. The second-order valence-electron chi connectivity index (χ2n) is 5.98. The fourth-order valence-corrected chi connectivity index (χ4v) is 3.38. The minimum Gasteiger partial charge on any atom is -0.406 e. The maximum absolute atomic E-state index is 12.4. The summed E-state index contributed by atoms with van der Waals surface area (Å²) in [6.07, 6.45) is 0.763. The van der Waals surface area contributed by atoms with Crippen molar-refractivity contribution < 1.29 is 18.6 Å². The summed E-state index contributed by atoms with van der Waals surface area (Å²) in [6.45, 7) is 6.04. The second kappa shape index (κ2) is 6.58. The number of rotatable bonds is 6. The number of quaternary nitrogens is 1. The first-order valence-electron chi connectivity index (χ1n) is 7.22. The first-order chi connectivity index (χ1) is 10.3. The van der Waals surface area contributed by atoms with E-state index in [1.165, 1.54) is 0 Å². The second-order valence-corrected chi connectivity index (χ2v) is 7.85. The fraction of sp³-hybridized carbons (Fsp3) is 0.467. The van der Waals surface area contributed by atoms with Gasteiger partial charge < -0.3 is 10.2 Å². The summed E-state index contributed by atoms with van der Waals surface area (Å²) in [5, 5.41) is 7.19. The molecule has 2 rings (SSSR count). The van der Waals surface area contributed by atoms with Gasteiger partial charge in [0.05, 0.1) is 5.75 Å². The summed E-state index contributed by atoms with van der Waals surface area (Å²) >= 11 is 0. The van der Waals surface area contributed by atoms with E-state index < -0.39 is 9.84 Å². The number of sulfone groups is 1. The van der Waals surface area contributed by atoms with Gasteiger partial charge in [-0.2, -0.15) is 0 Å². The van der Waals surface area contributed by atoms with Crippen LogP contribution in [-0.2, 0) is 15.6 Å². The monoisotopic (exact) mass is 324 g/mol. The predicted molar refractivity (Wildman–Crippen MR) is 81.5 cm³/mol. The van der Waals surface area contributed by atoms with Crippen molar-refractivity contribution in [2.24, 2.45) is 5.92 Å². The minimum absolute atomic E-state index is 0.150. The molecule has 2 aromatic rings. The van der Waals surface area contributed by atoms with Crippen LogP contribution in [0.5, 0.6) is 0 Å². The number of aryl methyl sites for hydroxylation is 1. The summed E-state index contributed by atoms with van der Waals surface area (Å²) in [5.41, 5.74) is 5.66. The van der Waals surface area contributed by atoms with Crippen LogP contribution in [0.3, 0.4) is 0 Å². The molecular weight excluding hydrogens is 302 g/mol. The number of hydrogen-bond acceptors (Lipinski definition) is 5. The summed E-state index contributed by atoms with van der Waals surface area (Å²) in [6, 6.07) is 7.15. The molecule has 0 aliphatic carbocycles. The van der Waals surface area contributed by atoms with E-state index in [2.05, 4.69) is 29.8 Å². The quantitative estimate of drug-likeness (QED) is 0.871. The van der Waals surface area contributed by atoms with Gasteiger partial charge in [-0.25, -0.2) is 8.42 Å². The lowest BCUT2D eigenvalue weighted by atomic mass is 10.1. The molecule has 0 saturated heterocycles. The van der Waals surface area contributed by atoms with Crippen molar-refractivity contribution in [1.29, 1.82) is 0 Å². The lowest BCUT2D eigenvalue weighted by Crippen LogP contribution is -2.54. The highest BCUT2D eigenvalue weighted by Crippen LogP contribution is 2.20. The van der Waals surface area contributed by atoms with Gasteiger partial charge in [0, 0.05) is 6.42 Å². The number of nitrogens with zero attached hydrogens (tertiary/aromatic N) is 2. The van der Waals surface area contributed by atoms with Crippen molar-refractivity contribution in [2.75, 3.05) is 0 Å². The molecule has 120 valence electrons. The highest BCUT2D eigenvalue weighted by molar-refractivity contribution is 7.90. The third-order valence-corrected chi connectivity index (χ3v) is 4.64. The molecular formula is C15H22N3O3S+.